The number of hydrogen-bond acceptors (Lipinski definition) is 2. The van der Waals surface area contributed by atoms with Gasteiger partial charge in [-0.2, -0.15) is 0 Å². The number of halogens is 2. The minimum absolute atomic E-state index is 0.0635. The second kappa shape index (κ2) is 6.41. The second-order valence-electron chi connectivity index (χ2n) is 4.53. The first-order valence-corrected chi connectivity index (χ1v) is 7.66. The smallest absolute Gasteiger partial charge is 0.126 e. The molecule has 0 heterocycles. The summed E-state index contributed by atoms with van der Waals surface area (Å²) in [6, 6.07) is 14.0. The SMILES string of the molecule is CN(Cc1cccc(Br)c1)c1cccc(Br)c1C(=N)N. The number of nitrogens with zero attached hydrogens (tertiary/aromatic N) is 1. The topological polar surface area (TPSA) is 53.1 Å². The molecule has 0 amide bonds. The molecule has 2 rings (SSSR count). The highest BCUT2D eigenvalue weighted by atomic mass is 79.9. The second-order valence-corrected chi connectivity index (χ2v) is 6.30. The standard InChI is InChI=1S/C15H15Br2N3/c1-20(9-10-4-2-5-11(16)8-10)13-7-3-6-12(17)14(13)15(18)19/h2-8H,9H2,1H3,(H3,18,19). The van der Waals surface area contributed by atoms with Gasteiger partial charge in [-0.05, 0) is 45.8 Å². The summed E-state index contributed by atoms with van der Waals surface area (Å²) in [7, 11) is 2.00. The van der Waals surface area contributed by atoms with Crippen molar-refractivity contribution in [2.45, 2.75) is 6.54 Å². The third kappa shape index (κ3) is 3.41. The molecule has 3 N–H and O–H groups in total. The summed E-state index contributed by atoms with van der Waals surface area (Å²) in [6.45, 7) is 0.746. The fourth-order valence-corrected chi connectivity index (χ4v) is 3.11. The molecular weight excluding hydrogens is 382 g/mol. The van der Waals surface area contributed by atoms with Gasteiger partial charge < -0.3 is 10.6 Å². The summed E-state index contributed by atoms with van der Waals surface area (Å²) in [5.74, 6) is 0.0635. The molecule has 0 aliphatic heterocycles. The molecule has 3 nitrogen and oxygen atoms in total. The van der Waals surface area contributed by atoms with Crippen LogP contribution in [0, 0.1) is 5.41 Å². The van der Waals surface area contributed by atoms with Gasteiger partial charge in [0.15, 0.2) is 0 Å². The molecule has 0 saturated heterocycles. The Bertz CT molecular complexity index is 641. The number of benzene rings is 2. The monoisotopic (exact) mass is 395 g/mol. The lowest BCUT2D eigenvalue weighted by atomic mass is 10.1. The fourth-order valence-electron chi connectivity index (χ4n) is 2.09. The van der Waals surface area contributed by atoms with Crippen LogP contribution in [0.15, 0.2) is 51.4 Å². The number of amidine groups is 1. The van der Waals surface area contributed by atoms with Crippen molar-refractivity contribution in [3.63, 3.8) is 0 Å². The molecule has 0 fully saturated rings. The molecule has 0 aliphatic rings. The van der Waals surface area contributed by atoms with Crippen molar-refractivity contribution in [3.05, 3.63) is 62.5 Å². The van der Waals surface area contributed by atoms with Crippen molar-refractivity contribution in [2.75, 3.05) is 11.9 Å². The number of anilines is 1. The number of hydrogen-bond donors (Lipinski definition) is 2. The van der Waals surface area contributed by atoms with Crippen molar-refractivity contribution in [1.82, 2.24) is 0 Å². The van der Waals surface area contributed by atoms with Gasteiger partial charge in [0.2, 0.25) is 0 Å². The molecule has 5 heteroatoms. The molecule has 0 aliphatic carbocycles. The summed E-state index contributed by atoms with van der Waals surface area (Å²) in [5.41, 5.74) is 8.54. The lowest BCUT2D eigenvalue weighted by Gasteiger charge is -2.23. The first-order valence-electron chi connectivity index (χ1n) is 6.07. The van der Waals surface area contributed by atoms with Gasteiger partial charge in [-0.15, -0.1) is 0 Å². The molecule has 0 radical (unpaired) electrons. The number of nitrogens with one attached hydrogen (secondary N) is 1. The third-order valence-electron chi connectivity index (χ3n) is 2.98. The molecule has 2 aromatic carbocycles. The van der Waals surface area contributed by atoms with Gasteiger partial charge >= 0.3 is 0 Å². The Labute approximate surface area is 135 Å². The number of nitrogen functional groups attached to an aromatic ring is 1. The van der Waals surface area contributed by atoms with Crippen LogP contribution in [0.1, 0.15) is 11.1 Å². The molecule has 2 aromatic rings. The van der Waals surface area contributed by atoms with Gasteiger partial charge in [-0.1, -0.05) is 34.1 Å². The Morgan fingerprint density at radius 1 is 1.20 bits per heavy atom. The number of rotatable bonds is 4. The molecule has 0 bridgehead atoms. The molecular formula is C15H15Br2N3. The predicted octanol–water partition coefficient (Wildman–Crippen LogP) is 4.13. The Balaban J connectivity index is 2.32. The largest absolute Gasteiger partial charge is 0.384 e. The van der Waals surface area contributed by atoms with E-state index in [1.807, 2.05) is 37.4 Å². The fraction of sp³-hybridized carbons (Fsp3) is 0.133. The lowest BCUT2D eigenvalue weighted by molar-refractivity contribution is 0.919. The molecule has 0 spiro atoms. The van der Waals surface area contributed by atoms with E-state index in [9.17, 15) is 0 Å². The molecule has 0 aromatic heterocycles. The Morgan fingerprint density at radius 3 is 2.55 bits per heavy atom. The molecule has 0 saturated carbocycles. The van der Waals surface area contributed by atoms with E-state index in [0.717, 1.165) is 26.7 Å². The Hall–Kier alpha value is -1.33. The zero-order valence-electron chi connectivity index (χ0n) is 11.0. The Morgan fingerprint density at radius 2 is 1.90 bits per heavy atom. The van der Waals surface area contributed by atoms with Gasteiger partial charge in [0, 0.05) is 28.2 Å². The highest BCUT2D eigenvalue weighted by Crippen LogP contribution is 2.28. The van der Waals surface area contributed by atoms with E-state index in [1.165, 1.54) is 5.56 Å². The zero-order valence-corrected chi connectivity index (χ0v) is 14.2. The maximum Gasteiger partial charge on any atom is 0.126 e. The van der Waals surface area contributed by atoms with Gasteiger partial charge in [0.05, 0.1) is 5.56 Å². The van der Waals surface area contributed by atoms with Gasteiger partial charge in [-0.3, -0.25) is 5.41 Å². The summed E-state index contributed by atoms with van der Waals surface area (Å²) in [5, 5.41) is 7.74. The summed E-state index contributed by atoms with van der Waals surface area (Å²) in [6.07, 6.45) is 0. The van der Waals surface area contributed by atoms with E-state index < -0.39 is 0 Å². The van der Waals surface area contributed by atoms with E-state index in [2.05, 4.69) is 48.9 Å². The van der Waals surface area contributed by atoms with E-state index in [0.29, 0.717) is 0 Å². The quantitative estimate of drug-likeness (QED) is 0.602. The summed E-state index contributed by atoms with van der Waals surface area (Å²) < 4.78 is 1.90. The van der Waals surface area contributed by atoms with Crippen LogP contribution in [0.2, 0.25) is 0 Å². The minimum Gasteiger partial charge on any atom is -0.384 e. The van der Waals surface area contributed by atoms with Gasteiger partial charge in [0.1, 0.15) is 5.84 Å². The van der Waals surface area contributed by atoms with Crippen molar-refractivity contribution in [1.29, 1.82) is 5.41 Å². The van der Waals surface area contributed by atoms with E-state index in [1.54, 1.807) is 0 Å². The minimum atomic E-state index is 0.0635. The average molecular weight is 397 g/mol. The zero-order chi connectivity index (χ0) is 14.7. The Kier molecular flexibility index (Phi) is 4.83. The van der Waals surface area contributed by atoms with Crippen LogP contribution in [0.4, 0.5) is 5.69 Å². The van der Waals surface area contributed by atoms with Crippen LogP contribution in [0.25, 0.3) is 0 Å². The van der Waals surface area contributed by atoms with Gasteiger partial charge in [-0.25, -0.2) is 0 Å². The maximum atomic E-state index is 7.74. The maximum absolute atomic E-state index is 7.74. The van der Waals surface area contributed by atoms with Crippen LogP contribution >= 0.6 is 31.9 Å². The van der Waals surface area contributed by atoms with E-state index in [-0.39, 0.29) is 5.84 Å². The summed E-state index contributed by atoms with van der Waals surface area (Å²) in [4.78, 5) is 2.09. The van der Waals surface area contributed by atoms with Crippen molar-refractivity contribution in [2.24, 2.45) is 5.73 Å². The highest BCUT2D eigenvalue weighted by molar-refractivity contribution is 9.10. The van der Waals surface area contributed by atoms with E-state index in [4.69, 9.17) is 11.1 Å². The van der Waals surface area contributed by atoms with Crippen LogP contribution in [-0.4, -0.2) is 12.9 Å². The molecule has 0 unspecified atom stereocenters. The summed E-state index contributed by atoms with van der Waals surface area (Å²) >= 11 is 6.94. The van der Waals surface area contributed by atoms with Crippen LogP contribution < -0.4 is 10.6 Å². The average Bonchev–Trinajstić information content (AvgIpc) is 2.37. The number of nitrogens with two attached hydrogens (primary N) is 1. The predicted molar refractivity (Wildman–Crippen MR) is 91.4 cm³/mol. The van der Waals surface area contributed by atoms with Crippen molar-refractivity contribution in [3.8, 4) is 0 Å². The molecule has 20 heavy (non-hydrogen) atoms. The third-order valence-corrected chi connectivity index (χ3v) is 4.14. The van der Waals surface area contributed by atoms with Gasteiger partial charge in [0.25, 0.3) is 0 Å². The van der Waals surface area contributed by atoms with Crippen molar-refractivity contribution >= 4 is 43.4 Å². The lowest BCUT2D eigenvalue weighted by Crippen LogP contribution is -2.22. The van der Waals surface area contributed by atoms with Crippen LogP contribution in [-0.2, 0) is 6.54 Å². The van der Waals surface area contributed by atoms with E-state index >= 15 is 0 Å². The molecule has 104 valence electrons. The molecule has 0 atom stereocenters. The van der Waals surface area contributed by atoms with Crippen LogP contribution in [0.5, 0.6) is 0 Å². The normalized spacial score (nSPS) is 10.3. The first kappa shape index (κ1) is 15.1. The van der Waals surface area contributed by atoms with Crippen LogP contribution in [0.3, 0.4) is 0 Å². The first-order chi connectivity index (χ1) is 9.49. The van der Waals surface area contributed by atoms with Crippen molar-refractivity contribution < 1.29 is 0 Å². The highest BCUT2D eigenvalue weighted by Gasteiger charge is 2.13.